The molecule has 1 aromatic rings. The second kappa shape index (κ2) is 8.61. The average molecular weight is 432 g/mol. The van der Waals surface area contributed by atoms with Crippen molar-refractivity contribution in [2.45, 2.75) is 37.9 Å². The molecule has 4 amide bonds. The summed E-state index contributed by atoms with van der Waals surface area (Å²) in [6, 6.07) is 6.04. The van der Waals surface area contributed by atoms with Gasteiger partial charge in [-0.3, -0.25) is 14.5 Å². The predicted octanol–water partition coefficient (Wildman–Crippen LogP) is 3.09. The van der Waals surface area contributed by atoms with Crippen molar-refractivity contribution in [3.8, 4) is 0 Å². The van der Waals surface area contributed by atoms with Gasteiger partial charge >= 0.3 is 12.2 Å². The molecule has 6 nitrogen and oxygen atoms in total. The van der Waals surface area contributed by atoms with Crippen LogP contribution in [0, 0.1) is 0 Å². The standard InChI is InChI=1S/C19H21ClF3N3O3/c20-14-3-1-2-13(10-14)4-5-16(27)24-8-6-15(7-9-24)25-11-17(28)26(18(25)29)12-19(21,22)23/h1-3,10,15H,4-9,11-12H2. The van der Waals surface area contributed by atoms with E-state index in [0.29, 0.717) is 43.8 Å². The van der Waals surface area contributed by atoms with Crippen LogP contribution in [0.3, 0.4) is 0 Å². The van der Waals surface area contributed by atoms with Gasteiger partial charge in [-0.15, -0.1) is 0 Å². The molecular weight excluding hydrogens is 411 g/mol. The first-order valence-corrected chi connectivity index (χ1v) is 9.72. The van der Waals surface area contributed by atoms with Crippen molar-refractivity contribution < 1.29 is 27.6 Å². The zero-order chi connectivity index (χ0) is 21.2. The third-order valence-corrected chi connectivity index (χ3v) is 5.43. The minimum Gasteiger partial charge on any atom is -0.343 e. The number of hydrogen-bond acceptors (Lipinski definition) is 3. The van der Waals surface area contributed by atoms with Gasteiger partial charge in [-0.05, 0) is 37.0 Å². The van der Waals surface area contributed by atoms with Gasteiger partial charge in [-0.1, -0.05) is 23.7 Å². The van der Waals surface area contributed by atoms with Crippen molar-refractivity contribution in [3.63, 3.8) is 0 Å². The number of urea groups is 1. The van der Waals surface area contributed by atoms with Crippen LogP contribution in [-0.4, -0.2) is 70.9 Å². The van der Waals surface area contributed by atoms with Gasteiger partial charge in [0.15, 0.2) is 0 Å². The molecular formula is C19H21ClF3N3O3. The van der Waals surface area contributed by atoms with Crippen molar-refractivity contribution in [2.24, 2.45) is 0 Å². The van der Waals surface area contributed by atoms with E-state index < -0.39 is 24.7 Å². The first-order valence-electron chi connectivity index (χ1n) is 9.34. The van der Waals surface area contributed by atoms with E-state index in [4.69, 9.17) is 11.6 Å². The van der Waals surface area contributed by atoms with Gasteiger partial charge in [0.25, 0.3) is 5.91 Å². The molecule has 0 aromatic heterocycles. The van der Waals surface area contributed by atoms with Crippen LogP contribution < -0.4 is 0 Å². The molecule has 29 heavy (non-hydrogen) atoms. The summed E-state index contributed by atoms with van der Waals surface area (Å²) < 4.78 is 37.7. The van der Waals surface area contributed by atoms with E-state index in [-0.39, 0.29) is 23.4 Å². The molecule has 1 aromatic carbocycles. The lowest BCUT2D eigenvalue weighted by molar-refractivity contribution is -0.151. The normalized spacial score (nSPS) is 18.7. The maximum atomic E-state index is 12.6. The Kier molecular flexibility index (Phi) is 6.36. The Morgan fingerprint density at radius 1 is 1.17 bits per heavy atom. The first-order chi connectivity index (χ1) is 13.6. The van der Waals surface area contributed by atoms with Gasteiger partial charge in [0.05, 0.1) is 0 Å². The van der Waals surface area contributed by atoms with Gasteiger partial charge in [0, 0.05) is 30.6 Å². The highest BCUT2D eigenvalue weighted by Crippen LogP contribution is 2.25. The number of benzene rings is 1. The molecule has 0 atom stereocenters. The number of likely N-dealkylation sites (tertiary alicyclic amines) is 1. The molecule has 2 heterocycles. The Morgan fingerprint density at radius 3 is 2.48 bits per heavy atom. The fourth-order valence-corrected chi connectivity index (χ4v) is 3.92. The van der Waals surface area contributed by atoms with Crippen molar-refractivity contribution in [2.75, 3.05) is 26.2 Å². The number of nitrogens with zero attached hydrogens (tertiary/aromatic N) is 3. The lowest BCUT2D eigenvalue weighted by atomic mass is 10.0. The van der Waals surface area contributed by atoms with Crippen LogP contribution in [0.5, 0.6) is 0 Å². The van der Waals surface area contributed by atoms with Crippen molar-refractivity contribution in [1.29, 1.82) is 0 Å². The second-order valence-corrected chi connectivity index (χ2v) is 7.68. The largest absolute Gasteiger partial charge is 0.406 e. The Morgan fingerprint density at radius 2 is 1.86 bits per heavy atom. The van der Waals surface area contributed by atoms with Crippen molar-refractivity contribution >= 4 is 29.4 Å². The number of aryl methyl sites for hydroxylation is 1. The molecule has 3 rings (SSSR count). The molecule has 0 spiro atoms. The van der Waals surface area contributed by atoms with E-state index >= 15 is 0 Å². The number of imide groups is 1. The Bertz CT molecular complexity index is 794. The van der Waals surface area contributed by atoms with Gasteiger partial charge < -0.3 is 9.80 Å². The summed E-state index contributed by atoms with van der Waals surface area (Å²) >= 11 is 5.94. The van der Waals surface area contributed by atoms with E-state index in [9.17, 15) is 27.6 Å². The summed E-state index contributed by atoms with van der Waals surface area (Å²) in [4.78, 5) is 39.6. The van der Waals surface area contributed by atoms with Gasteiger partial charge in [0.1, 0.15) is 13.1 Å². The lowest BCUT2D eigenvalue weighted by Crippen LogP contribution is -2.48. The molecule has 0 saturated carbocycles. The zero-order valence-corrected chi connectivity index (χ0v) is 16.4. The molecule has 0 bridgehead atoms. The predicted molar refractivity (Wildman–Crippen MR) is 99.2 cm³/mol. The summed E-state index contributed by atoms with van der Waals surface area (Å²) in [6.45, 7) is -1.11. The summed E-state index contributed by atoms with van der Waals surface area (Å²) in [6.07, 6.45) is -2.88. The summed E-state index contributed by atoms with van der Waals surface area (Å²) in [7, 11) is 0. The quantitative estimate of drug-likeness (QED) is 0.673. The monoisotopic (exact) mass is 431 g/mol. The van der Waals surface area contributed by atoms with Crippen LogP contribution in [0.15, 0.2) is 24.3 Å². The number of rotatable bonds is 5. The zero-order valence-electron chi connectivity index (χ0n) is 15.6. The minimum atomic E-state index is -4.62. The van der Waals surface area contributed by atoms with E-state index in [1.54, 1.807) is 11.0 Å². The van der Waals surface area contributed by atoms with E-state index in [1.165, 1.54) is 4.90 Å². The van der Waals surface area contributed by atoms with Crippen LogP contribution in [0.25, 0.3) is 0 Å². The number of halogens is 4. The second-order valence-electron chi connectivity index (χ2n) is 7.25. The van der Waals surface area contributed by atoms with Gasteiger partial charge in [-0.25, -0.2) is 4.79 Å². The van der Waals surface area contributed by atoms with E-state index in [2.05, 4.69) is 0 Å². The van der Waals surface area contributed by atoms with Gasteiger partial charge in [0.2, 0.25) is 5.91 Å². The van der Waals surface area contributed by atoms with Crippen molar-refractivity contribution in [3.05, 3.63) is 34.9 Å². The third kappa shape index (κ3) is 5.41. The number of piperidine rings is 1. The molecule has 2 saturated heterocycles. The molecule has 2 aliphatic heterocycles. The maximum Gasteiger partial charge on any atom is 0.406 e. The fourth-order valence-electron chi connectivity index (χ4n) is 3.71. The Labute approximate surface area is 171 Å². The SMILES string of the molecule is O=C(CCc1cccc(Cl)c1)N1CCC(N2CC(=O)N(CC(F)(F)F)C2=O)CC1. The van der Waals surface area contributed by atoms with E-state index in [0.717, 1.165) is 5.56 Å². The third-order valence-electron chi connectivity index (χ3n) is 5.20. The highest BCUT2D eigenvalue weighted by atomic mass is 35.5. The molecule has 0 aliphatic carbocycles. The molecule has 2 fully saturated rings. The molecule has 10 heteroatoms. The average Bonchev–Trinajstić information content (AvgIpc) is 2.93. The summed E-state index contributed by atoms with van der Waals surface area (Å²) in [5.41, 5.74) is 0.965. The topological polar surface area (TPSA) is 60.9 Å². The summed E-state index contributed by atoms with van der Waals surface area (Å²) in [5.74, 6) is -0.863. The van der Waals surface area contributed by atoms with Crippen LogP contribution in [0.1, 0.15) is 24.8 Å². The summed E-state index contributed by atoms with van der Waals surface area (Å²) in [5, 5.41) is 0.611. The molecule has 0 N–H and O–H groups in total. The Balaban J connectivity index is 1.49. The smallest absolute Gasteiger partial charge is 0.343 e. The van der Waals surface area contributed by atoms with Crippen LogP contribution >= 0.6 is 11.6 Å². The van der Waals surface area contributed by atoms with Crippen LogP contribution in [-0.2, 0) is 16.0 Å². The highest BCUT2D eigenvalue weighted by molar-refractivity contribution is 6.30. The lowest BCUT2D eigenvalue weighted by Gasteiger charge is -2.36. The van der Waals surface area contributed by atoms with Gasteiger partial charge in [-0.2, -0.15) is 13.2 Å². The first kappa shape index (κ1) is 21.4. The molecule has 158 valence electrons. The van der Waals surface area contributed by atoms with Crippen LogP contribution in [0.4, 0.5) is 18.0 Å². The number of carbonyl (C=O) groups excluding carboxylic acids is 3. The number of carbonyl (C=O) groups is 3. The minimum absolute atomic E-state index is 0.0223. The van der Waals surface area contributed by atoms with Crippen molar-refractivity contribution in [1.82, 2.24) is 14.7 Å². The fraction of sp³-hybridized carbons (Fsp3) is 0.526. The Hall–Kier alpha value is -2.29. The number of alkyl halides is 3. The van der Waals surface area contributed by atoms with E-state index in [1.807, 2.05) is 18.2 Å². The molecule has 0 unspecified atom stereocenters. The van der Waals surface area contributed by atoms with Crippen LogP contribution in [0.2, 0.25) is 5.02 Å². The number of amides is 4. The number of hydrogen-bond donors (Lipinski definition) is 0. The highest BCUT2D eigenvalue weighted by Gasteiger charge is 2.45. The maximum absolute atomic E-state index is 12.6. The molecule has 0 radical (unpaired) electrons. The molecule has 2 aliphatic rings.